The Morgan fingerprint density at radius 3 is 2.55 bits per heavy atom. The molecule has 2 rings (SSSR count). The maximum absolute atomic E-state index is 12.3. The first-order chi connectivity index (χ1) is 9.36. The van der Waals surface area contributed by atoms with Crippen molar-refractivity contribution in [1.82, 2.24) is 4.98 Å². The summed E-state index contributed by atoms with van der Waals surface area (Å²) in [5.74, 6) is 0. The molecule has 1 heterocycles. The van der Waals surface area contributed by atoms with E-state index < -0.39 is 11.9 Å². The highest BCUT2D eigenvalue weighted by molar-refractivity contribution is 9.10. The first-order valence-electron chi connectivity index (χ1n) is 5.45. The molecule has 1 N–H and O–H groups in total. The van der Waals surface area contributed by atoms with E-state index in [9.17, 15) is 13.2 Å². The van der Waals surface area contributed by atoms with Crippen LogP contribution in [0.5, 0.6) is 0 Å². The van der Waals surface area contributed by atoms with Crippen LogP contribution in [0.4, 0.5) is 18.3 Å². The van der Waals surface area contributed by atoms with Crippen molar-refractivity contribution in [3.63, 3.8) is 0 Å². The standard InChI is InChI=1S/C12H9BrF3N3S/c1-7(12(14,15)16)18-19-11-17-10(6-20-11)8-2-4-9(13)5-3-8/h2-6H,1H3,(H,17,19)/b18-7-. The Balaban J connectivity index is 2.12. The molecule has 106 valence electrons. The molecule has 0 amide bonds. The second-order valence-electron chi connectivity index (χ2n) is 3.85. The zero-order chi connectivity index (χ0) is 14.8. The van der Waals surface area contributed by atoms with Gasteiger partial charge in [0.2, 0.25) is 5.13 Å². The number of nitrogens with zero attached hydrogens (tertiary/aromatic N) is 2. The molecule has 0 aliphatic carbocycles. The topological polar surface area (TPSA) is 37.3 Å². The number of halogens is 4. The van der Waals surface area contributed by atoms with Crippen molar-refractivity contribution >= 4 is 38.1 Å². The van der Waals surface area contributed by atoms with Gasteiger partial charge in [0.1, 0.15) is 5.71 Å². The lowest BCUT2D eigenvalue weighted by Gasteiger charge is -2.04. The van der Waals surface area contributed by atoms with Gasteiger partial charge in [0.05, 0.1) is 5.69 Å². The van der Waals surface area contributed by atoms with Gasteiger partial charge in [-0.2, -0.15) is 18.3 Å². The quantitative estimate of drug-likeness (QED) is 0.620. The van der Waals surface area contributed by atoms with Crippen molar-refractivity contribution in [2.45, 2.75) is 13.1 Å². The SMILES string of the molecule is C/C(=N/Nc1nc(-c2ccc(Br)cc2)cs1)C(F)(F)F. The highest BCUT2D eigenvalue weighted by atomic mass is 79.9. The summed E-state index contributed by atoms with van der Waals surface area (Å²) in [6.45, 7) is 0.899. The van der Waals surface area contributed by atoms with Gasteiger partial charge in [0.25, 0.3) is 0 Å². The molecule has 3 nitrogen and oxygen atoms in total. The highest BCUT2D eigenvalue weighted by Gasteiger charge is 2.32. The van der Waals surface area contributed by atoms with Crippen molar-refractivity contribution in [1.29, 1.82) is 0 Å². The summed E-state index contributed by atoms with van der Waals surface area (Å²) in [5, 5.41) is 5.33. The first-order valence-corrected chi connectivity index (χ1v) is 7.12. The van der Waals surface area contributed by atoms with Crippen molar-refractivity contribution in [3.8, 4) is 11.3 Å². The van der Waals surface area contributed by atoms with E-state index in [1.807, 2.05) is 24.3 Å². The number of rotatable bonds is 3. The molecule has 0 spiro atoms. The lowest BCUT2D eigenvalue weighted by molar-refractivity contribution is -0.0592. The van der Waals surface area contributed by atoms with E-state index in [1.165, 1.54) is 11.3 Å². The van der Waals surface area contributed by atoms with Crippen LogP contribution < -0.4 is 5.43 Å². The van der Waals surface area contributed by atoms with Crippen molar-refractivity contribution in [2.24, 2.45) is 5.10 Å². The second kappa shape index (κ2) is 5.92. The number of hydrogen-bond acceptors (Lipinski definition) is 4. The lowest BCUT2D eigenvalue weighted by atomic mass is 10.2. The third kappa shape index (κ3) is 3.80. The van der Waals surface area contributed by atoms with Crippen LogP contribution in [0.25, 0.3) is 11.3 Å². The van der Waals surface area contributed by atoms with Gasteiger partial charge in [0.15, 0.2) is 0 Å². The monoisotopic (exact) mass is 363 g/mol. The first kappa shape index (κ1) is 15.0. The van der Waals surface area contributed by atoms with Crippen LogP contribution in [-0.4, -0.2) is 16.9 Å². The van der Waals surface area contributed by atoms with Gasteiger partial charge in [-0.05, 0) is 19.1 Å². The third-order valence-electron chi connectivity index (χ3n) is 2.37. The Hall–Kier alpha value is -1.41. The van der Waals surface area contributed by atoms with E-state index in [4.69, 9.17) is 0 Å². The van der Waals surface area contributed by atoms with Gasteiger partial charge in [-0.1, -0.05) is 28.1 Å². The molecule has 0 bridgehead atoms. The fourth-order valence-corrected chi connectivity index (χ4v) is 2.20. The van der Waals surface area contributed by atoms with Crippen LogP contribution in [0.3, 0.4) is 0 Å². The molecule has 0 radical (unpaired) electrons. The highest BCUT2D eigenvalue weighted by Crippen LogP contribution is 2.26. The van der Waals surface area contributed by atoms with Crippen LogP contribution in [0.2, 0.25) is 0 Å². The molecule has 0 saturated carbocycles. The molecule has 1 aromatic heterocycles. The number of nitrogens with one attached hydrogen (secondary N) is 1. The summed E-state index contributed by atoms with van der Waals surface area (Å²) in [6, 6.07) is 7.47. The Morgan fingerprint density at radius 2 is 1.95 bits per heavy atom. The van der Waals surface area contributed by atoms with Gasteiger partial charge in [0, 0.05) is 15.4 Å². The molecule has 0 fully saturated rings. The van der Waals surface area contributed by atoms with Gasteiger partial charge in [-0.25, -0.2) is 4.98 Å². The molecular weight excluding hydrogens is 355 g/mol. The summed E-state index contributed by atoms with van der Waals surface area (Å²) >= 11 is 4.52. The van der Waals surface area contributed by atoms with E-state index in [-0.39, 0.29) is 0 Å². The minimum atomic E-state index is -4.43. The molecule has 0 unspecified atom stereocenters. The second-order valence-corrected chi connectivity index (χ2v) is 5.63. The third-order valence-corrected chi connectivity index (χ3v) is 3.65. The molecule has 1 aromatic carbocycles. The predicted octanol–water partition coefficient (Wildman–Crippen LogP) is 4.92. The minimum absolute atomic E-state index is 0.312. The van der Waals surface area contributed by atoms with Gasteiger partial charge in [-0.3, -0.25) is 5.43 Å². The Kier molecular flexibility index (Phi) is 4.44. The molecule has 0 atom stereocenters. The smallest absolute Gasteiger partial charge is 0.252 e. The van der Waals surface area contributed by atoms with E-state index >= 15 is 0 Å². The molecular formula is C12H9BrF3N3S. The van der Waals surface area contributed by atoms with Crippen LogP contribution >= 0.6 is 27.3 Å². The summed E-state index contributed by atoms with van der Waals surface area (Å²) in [6.07, 6.45) is -4.43. The maximum atomic E-state index is 12.3. The molecule has 0 aliphatic rings. The number of thiazole rings is 1. The maximum Gasteiger partial charge on any atom is 0.430 e. The number of alkyl halides is 3. The van der Waals surface area contributed by atoms with Gasteiger partial charge >= 0.3 is 6.18 Å². The largest absolute Gasteiger partial charge is 0.430 e. The summed E-state index contributed by atoms with van der Waals surface area (Å²) in [4.78, 5) is 4.18. The summed E-state index contributed by atoms with van der Waals surface area (Å²) in [7, 11) is 0. The number of anilines is 1. The number of aromatic nitrogens is 1. The van der Waals surface area contributed by atoms with E-state index in [2.05, 4.69) is 31.4 Å². The fraction of sp³-hybridized carbons (Fsp3) is 0.167. The minimum Gasteiger partial charge on any atom is -0.252 e. The van der Waals surface area contributed by atoms with E-state index in [0.717, 1.165) is 17.0 Å². The average Bonchev–Trinajstić information content (AvgIpc) is 2.84. The molecule has 2 aromatic rings. The number of hydrazone groups is 1. The molecule has 0 saturated heterocycles. The molecule has 8 heteroatoms. The Labute approximate surface area is 125 Å². The predicted molar refractivity (Wildman–Crippen MR) is 78.0 cm³/mol. The van der Waals surface area contributed by atoms with Gasteiger partial charge < -0.3 is 0 Å². The lowest BCUT2D eigenvalue weighted by Crippen LogP contribution is -2.20. The zero-order valence-electron chi connectivity index (χ0n) is 10.2. The summed E-state index contributed by atoms with van der Waals surface area (Å²) in [5.41, 5.74) is 2.94. The van der Waals surface area contributed by atoms with Crippen LogP contribution in [-0.2, 0) is 0 Å². The Morgan fingerprint density at radius 1 is 1.30 bits per heavy atom. The van der Waals surface area contributed by atoms with Crippen molar-refractivity contribution in [3.05, 3.63) is 34.1 Å². The molecule has 0 aliphatic heterocycles. The zero-order valence-corrected chi connectivity index (χ0v) is 12.6. The van der Waals surface area contributed by atoms with E-state index in [0.29, 0.717) is 10.8 Å². The van der Waals surface area contributed by atoms with E-state index in [1.54, 1.807) is 5.38 Å². The number of benzene rings is 1. The van der Waals surface area contributed by atoms with Crippen LogP contribution in [0.15, 0.2) is 39.2 Å². The van der Waals surface area contributed by atoms with Crippen LogP contribution in [0.1, 0.15) is 6.92 Å². The number of hydrogen-bond donors (Lipinski definition) is 1. The summed E-state index contributed by atoms with van der Waals surface area (Å²) < 4.78 is 37.7. The van der Waals surface area contributed by atoms with Gasteiger partial charge in [-0.15, -0.1) is 11.3 Å². The Bertz CT molecular complexity index is 620. The average molecular weight is 364 g/mol. The fourth-order valence-electron chi connectivity index (χ4n) is 1.27. The van der Waals surface area contributed by atoms with Crippen molar-refractivity contribution < 1.29 is 13.2 Å². The van der Waals surface area contributed by atoms with Crippen molar-refractivity contribution in [2.75, 3.05) is 5.43 Å². The molecule has 20 heavy (non-hydrogen) atoms. The normalized spacial score (nSPS) is 12.6. The van der Waals surface area contributed by atoms with Crippen LogP contribution in [0, 0.1) is 0 Å².